The molecule has 0 aliphatic heterocycles. The molecule has 0 amide bonds. The first-order chi connectivity index (χ1) is 26.7. The summed E-state index contributed by atoms with van der Waals surface area (Å²) in [6.45, 7) is 0. The Labute approximate surface area is 320 Å². The van der Waals surface area contributed by atoms with E-state index >= 15 is 0 Å². The summed E-state index contributed by atoms with van der Waals surface area (Å²) in [5.74, 6) is 0. The molecule has 1 spiro atoms. The third-order valence-electron chi connectivity index (χ3n) is 12.0. The lowest BCUT2D eigenvalue weighted by Gasteiger charge is -2.31. The predicted octanol–water partition coefficient (Wildman–Crippen LogP) is 14.3. The van der Waals surface area contributed by atoms with Gasteiger partial charge in [0, 0.05) is 59.7 Å². The zero-order valence-electron chi connectivity index (χ0n) is 30.0. The molecular weight excluding hydrogens is 673 g/mol. The van der Waals surface area contributed by atoms with Gasteiger partial charge in [-0.3, -0.25) is 0 Å². The molecule has 2 nitrogen and oxygen atoms in total. The van der Waals surface area contributed by atoms with Gasteiger partial charge in [-0.05, 0) is 144 Å². The highest BCUT2D eigenvalue weighted by atomic mass is 32.1. The Hall–Kier alpha value is -6.16. The topological polar surface area (TPSA) is 6.48 Å². The number of thiophene rings is 1. The van der Waals surface area contributed by atoms with Gasteiger partial charge in [0.15, 0.2) is 0 Å². The fourth-order valence-corrected chi connectivity index (χ4v) is 10.6. The highest BCUT2D eigenvalue weighted by Gasteiger charge is 2.45. The maximum absolute atomic E-state index is 2.54. The number of aryl methyl sites for hydroxylation is 2. The van der Waals surface area contributed by atoms with Crippen LogP contribution in [0.5, 0.6) is 0 Å². The molecule has 0 radical (unpaired) electrons. The first-order valence-electron chi connectivity index (χ1n) is 19.1. The van der Waals surface area contributed by atoms with Crippen molar-refractivity contribution in [1.82, 2.24) is 0 Å². The first kappa shape index (κ1) is 31.4. The van der Waals surface area contributed by atoms with Crippen molar-refractivity contribution < 1.29 is 0 Å². The largest absolute Gasteiger partial charge is 0.310 e. The van der Waals surface area contributed by atoms with E-state index in [4.69, 9.17) is 0 Å². The zero-order chi connectivity index (χ0) is 35.6. The highest BCUT2D eigenvalue weighted by Crippen LogP contribution is 2.55. The van der Waals surface area contributed by atoms with Gasteiger partial charge in [-0.2, -0.15) is 0 Å². The van der Waals surface area contributed by atoms with Gasteiger partial charge in [0.2, 0.25) is 0 Å². The van der Waals surface area contributed by atoms with Crippen molar-refractivity contribution in [2.24, 2.45) is 0 Å². The number of hydrogen-bond donors (Lipinski definition) is 0. The number of benzene rings is 8. The van der Waals surface area contributed by atoms with Crippen molar-refractivity contribution >= 4 is 76.4 Å². The van der Waals surface area contributed by atoms with Gasteiger partial charge in [0.25, 0.3) is 0 Å². The van der Waals surface area contributed by atoms with Gasteiger partial charge < -0.3 is 9.80 Å². The molecule has 0 saturated heterocycles. The van der Waals surface area contributed by atoms with E-state index in [1.54, 1.807) is 0 Å². The van der Waals surface area contributed by atoms with E-state index in [1.807, 2.05) is 11.3 Å². The molecular formula is C51H38N2S. The standard InChI is InChI=1S/C51H38N2S/c1-4-13-38(14-5-1)52(39-15-6-2-7-16-39)42-23-20-36-28-30-51(46(36)33-42)31-29-37-21-24-43(34-47(37)51)53(40-17-8-3-9-18-40)41-25-27-48-45(32-41)50-44-19-11-10-12-35(44)22-26-49(50)54-48/h1-27,32-34H,28-31H2/t51-/m1/s1. The van der Waals surface area contributed by atoms with E-state index in [-0.39, 0.29) is 5.41 Å². The van der Waals surface area contributed by atoms with Crippen LogP contribution in [-0.4, -0.2) is 0 Å². The van der Waals surface area contributed by atoms with E-state index in [0.29, 0.717) is 0 Å². The molecule has 9 aromatic rings. The van der Waals surface area contributed by atoms with Crippen molar-refractivity contribution in [2.45, 2.75) is 31.1 Å². The predicted molar refractivity (Wildman–Crippen MR) is 230 cm³/mol. The normalized spacial score (nSPS) is 15.9. The molecule has 0 bridgehead atoms. The number of nitrogens with zero attached hydrogens (tertiary/aromatic N) is 2. The Morgan fingerprint density at radius 1 is 0.389 bits per heavy atom. The van der Waals surface area contributed by atoms with E-state index in [2.05, 4.69) is 192 Å². The summed E-state index contributed by atoms with van der Waals surface area (Å²) in [7, 11) is 0. The molecule has 1 heterocycles. The lowest BCUT2D eigenvalue weighted by atomic mass is 9.76. The fraction of sp³-hybridized carbons (Fsp3) is 0.0980. The summed E-state index contributed by atoms with van der Waals surface area (Å²) in [6, 6.07) is 67.5. The third-order valence-corrected chi connectivity index (χ3v) is 13.2. The summed E-state index contributed by atoms with van der Waals surface area (Å²) in [5.41, 5.74) is 13.1. The van der Waals surface area contributed by atoms with Gasteiger partial charge in [0.05, 0.1) is 0 Å². The molecule has 0 saturated carbocycles. The summed E-state index contributed by atoms with van der Waals surface area (Å²) >= 11 is 1.89. The minimum absolute atomic E-state index is 0.00940. The Kier molecular flexibility index (Phi) is 7.25. The lowest BCUT2D eigenvalue weighted by Crippen LogP contribution is -2.22. The lowest BCUT2D eigenvalue weighted by molar-refractivity contribution is 0.507. The van der Waals surface area contributed by atoms with Crippen LogP contribution < -0.4 is 9.80 Å². The Morgan fingerprint density at radius 2 is 0.870 bits per heavy atom. The molecule has 54 heavy (non-hydrogen) atoms. The second kappa shape index (κ2) is 12.5. The maximum atomic E-state index is 2.54. The molecule has 0 fully saturated rings. The summed E-state index contributed by atoms with van der Waals surface area (Å²) in [4.78, 5) is 4.88. The van der Waals surface area contributed by atoms with E-state index in [9.17, 15) is 0 Å². The zero-order valence-corrected chi connectivity index (χ0v) is 30.8. The number of anilines is 6. The molecule has 0 N–H and O–H groups in total. The molecule has 8 aromatic carbocycles. The summed E-state index contributed by atoms with van der Waals surface area (Å²) in [5, 5.41) is 5.28. The summed E-state index contributed by atoms with van der Waals surface area (Å²) in [6.07, 6.45) is 4.49. The minimum Gasteiger partial charge on any atom is -0.310 e. The van der Waals surface area contributed by atoms with Gasteiger partial charge in [-0.25, -0.2) is 0 Å². The number of fused-ring (bicyclic) bond motifs is 9. The SMILES string of the molecule is c1ccc(N(c2ccccc2)c2ccc3c(c2)[C@@]2(CC3)CCc3ccc(N(c4ccccc4)c4ccc5sc6ccc7ccccc7c6c5c4)cc32)cc1. The smallest absolute Gasteiger partial charge is 0.0468 e. The average molecular weight is 711 g/mol. The average Bonchev–Trinajstić information content (AvgIpc) is 3.92. The third kappa shape index (κ3) is 4.92. The van der Waals surface area contributed by atoms with Crippen molar-refractivity contribution in [1.29, 1.82) is 0 Å². The van der Waals surface area contributed by atoms with Crippen molar-refractivity contribution in [2.75, 3.05) is 9.80 Å². The highest BCUT2D eigenvalue weighted by molar-refractivity contribution is 7.26. The van der Waals surface area contributed by atoms with Crippen LogP contribution >= 0.6 is 11.3 Å². The maximum Gasteiger partial charge on any atom is 0.0468 e. The molecule has 1 aromatic heterocycles. The Morgan fingerprint density at radius 3 is 1.46 bits per heavy atom. The van der Waals surface area contributed by atoms with Crippen molar-refractivity contribution in [3.05, 3.63) is 204 Å². The van der Waals surface area contributed by atoms with Crippen LogP contribution in [0.15, 0.2) is 182 Å². The van der Waals surface area contributed by atoms with Gasteiger partial charge in [0.1, 0.15) is 0 Å². The van der Waals surface area contributed by atoms with Gasteiger partial charge in [-0.15, -0.1) is 11.3 Å². The van der Waals surface area contributed by atoms with Crippen LogP contribution in [0.25, 0.3) is 30.9 Å². The van der Waals surface area contributed by atoms with Crippen LogP contribution in [0.1, 0.15) is 35.1 Å². The Bertz CT molecular complexity index is 2800. The second-order valence-corrected chi connectivity index (χ2v) is 16.0. The quantitative estimate of drug-likeness (QED) is 0.169. The van der Waals surface area contributed by atoms with Crippen molar-refractivity contribution in [3.63, 3.8) is 0 Å². The number of para-hydroxylation sites is 3. The van der Waals surface area contributed by atoms with Crippen molar-refractivity contribution in [3.8, 4) is 0 Å². The van der Waals surface area contributed by atoms with Crippen LogP contribution in [0.2, 0.25) is 0 Å². The molecule has 258 valence electrons. The molecule has 2 aliphatic carbocycles. The van der Waals surface area contributed by atoms with Crippen LogP contribution in [0, 0.1) is 0 Å². The van der Waals surface area contributed by atoms with E-state index in [0.717, 1.165) is 25.7 Å². The minimum atomic E-state index is -0.00940. The van der Waals surface area contributed by atoms with Crippen LogP contribution in [0.3, 0.4) is 0 Å². The molecule has 3 heteroatoms. The van der Waals surface area contributed by atoms with E-state index < -0.39 is 0 Å². The van der Waals surface area contributed by atoms with Gasteiger partial charge >= 0.3 is 0 Å². The number of rotatable bonds is 6. The molecule has 11 rings (SSSR count). The number of hydrogen-bond acceptors (Lipinski definition) is 3. The fourth-order valence-electron chi connectivity index (χ4n) is 9.54. The van der Waals surface area contributed by atoms with Gasteiger partial charge in [-0.1, -0.05) is 97.1 Å². The second-order valence-electron chi connectivity index (χ2n) is 14.9. The molecule has 0 unspecified atom stereocenters. The van der Waals surface area contributed by atoms with Crippen LogP contribution in [-0.2, 0) is 18.3 Å². The van der Waals surface area contributed by atoms with E-state index in [1.165, 1.54) is 87.3 Å². The Balaban J connectivity index is 1.06. The monoisotopic (exact) mass is 710 g/mol. The first-order valence-corrected chi connectivity index (χ1v) is 19.9. The van der Waals surface area contributed by atoms with Crippen LogP contribution in [0.4, 0.5) is 34.1 Å². The molecule has 2 aliphatic rings. The summed E-state index contributed by atoms with van der Waals surface area (Å²) < 4.78 is 2.66. The molecule has 1 atom stereocenters.